The van der Waals surface area contributed by atoms with Crippen molar-refractivity contribution in [2.24, 2.45) is 0 Å². The quantitative estimate of drug-likeness (QED) is 0.121. The maximum atomic E-state index is 2.63. The van der Waals surface area contributed by atoms with E-state index in [9.17, 15) is 0 Å². The Balaban J connectivity index is 0.00000578. The number of halogens is 1. The van der Waals surface area contributed by atoms with E-state index in [1.54, 1.807) is 0 Å². The third-order valence-electron chi connectivity index (χ3n) is 15.0. The maximum Gasteiger partial charge on any atom is 0.255 e. The van der Waals surface area contributed by atoms with Crippen molar-refractivity contribution in [3.05, 3.63) is 244 Å². The molecular weight excluding hydrogens is 844 g/mol. The first kappa shape index (κ1) is 46.6. The zero-order chi connectivity index (χ0) is 46.8. The van der Waals surface area contributed by atoms with Crippen LogP contribution in [0.3, 0.4) is 0 Å². The Hall–Kier alpha value is -6.48. The number of hydrogen-bond acceptors (Lipinski definition) is 0. The van der Waals surface area contributed by atoms with Crippen LogP contribution in [-0.2, 0) is 10.8 Å². The Morgan fingerprint density at radius 3 is 1.15 bits per heavy atom. The fourth-order valence-electron chi connectivity index (χ4n) is 10.8. The second-order valence-electron chi connectivity index (χ2n) is 21.3. The van der Waals surface area contributed by atoms with E-state index in [0.29, 0.717) is 0 Å². The molecule has 0 fully saturated rings. The van der Waals surface area contributed by atoms with E-state index in [0.717, 1.165) is 0 Å². The van der Waals surface area contributed by atoms with Crippen LogP contribution in [0.1, 0.15) is 149 Å². The van der Waals surface area contributed by atoms with E-state index in [2.05, 4.69) is 267 Å². The van der Waals surface area contributed by atoms with Gasteiger partial charge in [0.25, 0.3) is 6.33 Å². The van der Waals surface area contributed by atoms with E-state index in [1.165, 1.54) is 100 Å². The maximum absolute atomic E-state index is 2.63. The Morgan fingerprint density at radius 2 is 0.765 bits per heavy atom. The van der Waals surface area contributed by atoms with Crippen molar-refractivity contribution < 1.29 is 17.0 Å². The molecule has 0 unspecified atom stereocenters. The number of aromatic nitrogens is 2. The summed E-state index contributed by atoms with van der Waals surface area (Å²) in [6, 6.07) is 68.5. The van der Waals surface area contributed by atoms with Gasteiger partial charge in [0.05, 0.1) is 0 Å². The smallest absolute Gasteiger partial charge is 0.255 e. The van der Waals surface area contributed by atoms with Crippen LogP contribution in [0.5, 0.6) is 0 Å². The lowest BCUT2D eigenvalue weighted by molar-refractivity contribution is -0.584. The topological polar surface area (TPSA) is 8.81 Å². The number of benzene rings is 8. The number of nitrogens with zero attached hydrogens (tertiary/aromatic N) is 2. The van der Waals surface area contributed by atoms with Crippen molar-refractivity contribution in [2.45, 2.75) is 104 Å². The highest BCUT2D eigenvalue weighted by atomic mass is 35.5. The standard InChI is InChI=1S/C65H65N2.ClH/c1-42(46-25-15-11-16-26-46)55-37-51(64(5,6)7)38-56(43(2)47-27-17-12-18-28-47)60(55)66-41-67(63-54-36-24-34-50-33-23-35-53(59(50)54)62(63)66)61-57(44(3)48-29-19-13-20-30-48)39-52(65(8,9)10)40-58(61)45(4)49-31-21-14-22-32-49;/h11-45H,1-10H3;1H/q+1;/p-1/t42-,43-,44-,45-;/m1./s1. The molecule has 342 valence electrons. The van der Waals surface area contributed by atoms with Crippen molar-refractivity contribution in [1.29, 1.82) is 0 Å². The van der Waals surface area contributed by atoms with E-state index in [4.69, 9.17) is 0 Å². The van der Waals surface area contributed by atoms with Gasteiger partial charge in [0.2, 0.25) is 0 Å². The highest BCUT2D eigenvalue weighted by Crippen LogP contribution is 2.51. The van der Waals surface area contributed by atoms with Gasteiger partial charge in [0.1, 0.15) is 11.4 Å². The van der Waals surface area contributed by atoms with Crippen molar-refractivity contribution >= 4 is 10.8 Å². The van der Waals surface area contributed by atoms with E-state index >= 15 is 0 Å². The molecule has 10 rings (SSSR count). The number of hydrogen-bond donors (Lipinski definition) is 0. The molecule has 0 spiro atoms. The first-order valence-corrected chi connectivity index (χ1v) is 24.5. The van der Waals surface area contributed by atoms with Gasteiger partial charge in [0.15, 0.2) is 11.4 Å². The summed E-state index contributed by atoms with van der Waals surface area (Å²) < 4.78 is 5.26. The molecule has 2 nitrogen and oxygen atoms in total. The molecule has 0 radical (unpaired) electrons. The molecule has 0 amide bonds. The monoisotopic (exact) mass is 908 g/mol. The van der Waals surface area contributed by atoms with Gasteiger partial charge in [0, 0.05) is 62.4 Å². The van der Waals surface area contributed by atoms with E-state index < -0.39 is 0 Å². The normalized spacial score (nSPS) is 14.0. The predicted molar refractivity (Wildman–Crippen MR) is 282 cm³/mol. The molecule has 3 heteroatoms. The highest BCUT2D eigenvalue weighted by Gasteiger charge is 2.41. The second kappa shape index (κ2) is 18.2. The van der Waals surface area contributed by atoms with Gasteiger partial charge in [-0.05, 0) is 61.7 Å². The van der Waals surface area contributed by atoms with Crippen LogP contribution in [0.2, 0.25) is 0 Å². The summed E-state index contributed by atoms with van der Waals surface area (Å²) in [7, 11) is 0. The Labute approximate surface area is 411 Å². The summed E-state index contributed by atoms with van der Waals surface area (Å²) in [6.07, 6.45) is 2.49. The molecule has 68 heavy (non-hydrogen) atoms. The number of rotatable bonds is 10. The Morgan fingerprint density at radius 1 is 0.412 bits per heavy atom. The largest absolute Gasteiger partial charge is 1.00 e. The second-order valence-corrected chi connectivity index (χ2v) is 21.3. The first-order valence-electron chi connectivity index (χ1n) is 24.5. The average molecular weight is 910 g/mol. The lowest BCUT2D eigenvalue weighted by atomic mass is 9.78. The lowest BCUT2D eigenvalue weighted by Crippen LogP contribution is -3.00. The minimum Gasteiger partial charge on any atom is -1.00 e. The predicted octanol–water partition coefficient (Wildman–Crippen LogP) is 13.8. The van der Waals surface area contributed by atoms with Crippen LogP contribution < -0.4 is 17.0 Å². The highest BCUT2D eigenvalue weighted by molar-refractivity contribution is 6.13. The average Bonchev–Trinajstić information content (AvgIpc) is 3.90. The SMILES string of the molecule is C[C@H](c1ccccc1)c1cc(C(C)(C)C)cc([C@H](C)c2ccccc2)c1-n1c[n+](-c2c([C@H](C)c3ccccc3)cc(C(C)(C)C)cc2[C@H](C)c2ccccc2)c2c1-c1cccc3cccc-2c13.[Cl-]. The van der Waals surface area contributed by atoms with Gasteiger partial charge in [-0.1, -0.05) is 239 Å². The van der Waals surface area contributed by atoms with Crippen LogP contribution >= 0.6 is 0 Å². The molecule has 0 aliphatic heterocycles. The number of imidazole rings is 1. The minimum absolute atomic E-state index is 0. The third-order valence-corrected chi connectivity index (χ3v) is 15.0. The van der Waals surface area contributed by atoms with Gasteiger partial charge in [-0.2, -0.15) is 9.13 Å². The summed E-state index contributed by atoms with van der Waals surface area (Å²) >= 11 is 0. The van der Waals surface area contributed by atoms with Crippen molar-refractivity contribution in [1.82, 2.24) is 4.57 Å². The minimum atomic E-state index is -0.0744. The van der Waals surface area contributed by atoms with E-state index in [1.807, 2.05) is 0 Å². The van der Waals surface area contributed by atoms with E-state index in [-0.39, 0.29) is 46.9 Å². The zero-order valence-corrected chi connectivity index (χ0v) is 42.2. The molecule has 0 N–H and O–H groups in total. The zero-order valence-electron chi connectivity index (χ0n) is 41.5. The van der Waals surface area contributed by atoms with Crippen molar-refractivity contribution in [3.63, 3.8) is 0 Å². The molecular formula is C65H65ClN2. The molecule has 0 saturated heterocycles. The van der Waals surface area contributed by atoms with Crippen LogP contribution in [0, 0.1) is 0 Å². The number of fused-ring (bicyclic) bond motifs is 3. The fraction of sp³-hybridized carbons (Fsp3) is 0.246. The molecule has 1 aliphatic rings. The molecule has 4 atom stereocenters. The van der Waals surface area contributed by atoms with Gasteiger partial charge in [-0.25, -0.2) is 0 Å². The first-order chi connectivity index (χ1) is 32.2. The van der Waals surface area contributed by atoms with Crippen molar-refractivity contribution in [2.75, 3.05) is 0 Å². The van der Waals surface area contributed by atoms with Crippen LogP contribution in [0.25, 0.3) is 44.7 Å². The summed E-state index contributed by atoms with van der Waals surface area (Å²) in [6.45, 7) is 23.8. The van der Waals surface area contributed by atoms with Crippen LogP contribution in [-0.4, -0.2) is 4.57 Å². The van der Waals surface area contributed by atoms with Gasteiger partial charge in [-0.15, -0.1) is 0 Å². The van der Waals surface area contributed by atoms with Crippen molar-refractivity contribution in [3.8, 4) is 33.9 Å². The fourth-order valence-corrected chi connectivity index (χ4v) is 10.8. The summed E-state index contributed by atoms with van der Waals surface area (Å²) in [5.74, 6) is 0.443. The van der Waals surface area contributed by atoms with Gasteiger partial charge < -0.3 is 12.4 Å². The molecule has 1 aliphatic carbocycles. The molecule has 9 aromatic rings. The summed E-state index contributed by atoms with van der Waals surface area (Å²) in [5, 5.41) is 2.59. The summed E-state index contributed by atoms with van der Waals surface area (Å²) in [4.78, 5) is 0. The molecule has 1 heterocycles. The lowest BCUT2D eigenvalue weighted by Gasteiger charge is -2.28. The Kier molecular flexibility index (Phi) is 12.5. The van der Waals surface area contributed by atoms with Crippen LogP contribution in [0.4, 0.5) is 0 Å². The van der Waals surface area contributed by atoms with Crippen LogP contribution in [0.15, 0.2) is 188 Å². The molecule has 0 bridgehead atoms. The summed E-state index contributed by atoms with van der Waals surface area (Å²) in [5.41, 5.74) is 20.7. The van der Waals surface area contributed by atoms with Gasteiger partial charge >= 0.3 is 0 Å². The molecule has 8 aromatic carbocycles. The van der Waals surface area contributed by atoms with Gasteiger partial charge in [-0.3, -0.25) is 0 Å². The Bertz CT molecular complexity index is 2900. The third kappa shape index (κ3) is 8.21. The molecule has 0 saturated carbocycles. The molecule has 1 aromatic heterocycles.